The fourth-order valence-electron chi connectivity index (χ4n) is 8.61. The molecule has 2 aromatic rings. The molecule has 434 valence electrons. The Morgan fingerprint density at radius 2 is 1.03 bits per heavy atom. The summed E-state index contributed by atoms with van der Waals surface area (Å²) in [6.07, 6.45) is -20.4. The minimum absolute atomic E-state index is 0.300. The predicted molar refractivity (Wildman–Crippen MR) is 212 cm³/mol. The minimum Gasteiger partial charge on any atom is -0.506 e. The third-order valence-corrected chi connectivity index (χ3v) is 13.1. The molecule has 0 saturated carbocycles. The van der Waals surface area contributed by atoms with Crippen LogP contribution in [0.2, 0.25) is 0 Å². The van der Waals surface area contributed by atoms with E-state index in [1.165, 1.54) is 0 Å². The number of hydrogen-bond donors (Lipinski definition) is 3. The third kappa shape index (κ3) is 8.68. The number of carboxylic acids is 2. The Balaban J connectivity index is 1.65. The van der Waals surface area contributed by atoms with E-state index in [1.807, 2.05) is 0 Å². The van der Waals surface area contributed by atoms with Gasteiger partial charge < -0.3 is 20.2 Å². The summed E-state index contributed by atoms with van der Waals surface area (Å²) < 4.78 is 364. The summed E-state index contributed by atoms with van der Waals surface area (Å²) in [5.41, 5.74) is -11.4. The Labute approximate surface area is 417 Å². The molecule has 0 unspecified atom stereocenters. The number of ketones is 1. The van der Waals surface area contributed by atoms with E-state index in [0.29, 0.717) is 33.8 Å². The molecule has 0 amide bonds. The molecule has 1 aliphatic carbocycles. The summed E-state index contributed by atoms with van der Waals surface area (Å²) >= 11 is 0. The van der Waals surface area contributed by atoms with Crippen LogP contribution in [-0.4, -0.2) is 128 Å². The lowest BCUT2D eigenvalue weighted by atomic mass is 9.76. The second kappa shape index (κ2) is 18.1. The van der Waals surface area contributed by atoms with Crippen molar-refractivity contribution in [3.8, 4) is 0 Å². The highest BCUT2D eigenvalue weighted by molar-refractivity contribution is 6.24. The quantitative estimate of drug-likeness (QED) is 0.0773. The highest BCUT2D eigenvalue weighted by Crippen LogP contribution is 2.63. The highest BCUT2D eigenvalue weighted by atomic mass is 19.4. The van der Waals surface area contributed by atoms with E-state index in [-0.39, 0.29) is 5.56 Å². The summed E-state index contributed by atoms with van der Waals surface area (Å²) in [6, 6.07) is 4.61. The number of carbonyl (C=O) groups is 3. The zero-order valence-corrected chi connectivity index (χ0v) is 38.7. The average Bonchev–Trinajstić information content (AvgIpc) is 3.64. The SMILES string of the molecule is CC1(C)C(/C=C2/C(=O)C(/C=C3/N(CCC(F)(F)C(F)(F)C(F)(F)C(F)(F)C(F)(F)C(F)(F)F)c4ccc(C(=O)O)cc4C3(C)C)=C2O)=[N+](CCC(F)(F)C(F)(F)C(F)(F)C(F)(F)C(F)(F)C(F)(F)F)c2cccc(C(=O)O)c21. The van der Waals surface area contributed by atoms with Crippen molar-refractivity contribution in [1.29, 1.82) is 0 Å². The number of benzene rings is 2. The van der Waals surface area contributed by atoms with Crippen molar-refractivity contribution in [1.82, 2.24) is 0 Å². The maximum atomic E-state index is 15.2. The number of rotatable bonds is 18. The first-order chi connectivity index (χ1) is 34.6. The molecular weight excluding hydrogens is 1150 g/mol. The van der Waals surface area contributed by atoms with Crippen LogP contribution < -0.4 is 4.90 Å². The van der Waals surface area contributed by atoms with Gasteiger partial charge in [0.2, 0.25) is 11.5 Å². The van der Waals surface area contributed by atoms with Crippen molar-refractivity contribution < 1.29 is 148 Å². The van der Waals surface area contributed by atoms with Crippen LogP contribution >= 0.6 is 0 Å². The molecule has 2 aliphatic heterocycles. The zero-order chi connectivity index (χ0) is 60.7. The molecule has 0 fully saturated rings. The Morgan fingerprint density at radius 3 is 1.45 bits per heavy atom. The lowest BCUT2D eigenvalue weighted by Gasteiger charge is -2.40. The first-order valence-corrected chi connectivity index (χ1v) is 21.1. The fourth-order valence-corrected chi connectivity index (χ4v) is 8.61. The molecule has 0 spiro atoms. The molecule has 0 bridgehead atoms. The Kier molecular flexibility index (Phi) is 14.5. The normalized spacial score (nSPS) is 19.3. The van der Waals surface area contributed by atoms with Crippen LogP contribution in [0.1, 0.15) is 72.4 Å². The van der Waals surface area contributed by atoms with Gasteiger partial charge in [-0.1, -0.05) is 19.9 Å². The third-order valence-electron chi connectivity index (χ3n) is 13.1. The molecule has 5 rings (SSSR count). The standard InChI is InChI=1S/C44H30F26N2O6/c1-31(2)21-14-17(29(75)76)8-9-22(21)71(12-10-33(45,46)35(49,50)37(53,54)39(57,58)41(61,62)43(65,66)67)24(31)15-19-27(73)20(28(19)74)16-25-32(3,4)26-18(30(77)78)6-5-7-23(26)72(25)13-11-34(47,48)36(51,52)38(55,56)40(59,60)42(63,64)44(68,69)70/h5-9,14-16H,10-13H2,1-4H3,(H2-,73,74,75,76,77,78)/p+1. The molecule has 78 heavy (non-hydrogen) atoms. The van der Waals surface area contributed by atoms with Gasteiger partial charge in [0.25, 0.3) is 0 Å². The van der Waals surface area contributed by atoms with Crippen molar-refractivity contribution in [3.63, 3.8) is 0 Å². The van der Waals surface area contributed by atoms with Gasteiger partial charge in [0.1, 0.15) is 5.76 Å². The molecule has 0 aromatic heterocycles. The highest BCUT2D eigenvalue weighted by Gasteiger charge is 2.92. The summed E-state index contributed by atoms with van der Waals surface area (Å²) in [5.74, 6) is -84.6. The van der Waals surface area contributed by atoms with Crippen LogP contribution in [0.4, 0.5) is 126 Å². The Hall–Kier alpha value is -6.28. The van der Waals surface area contributed by atoms with Crippen LogP contribution in [0.3, 0.4) is 0 Å². The van der Waals surface area contributed by atoms with Crippen LogP contribution in [-0.2, 0) is 15.6 Å². The number of nitrogens with zero attached hydrogens (tertiary/aromatic N) is 2. The van der Waals surface area contributed by atoms with E-state index in [1.54, 1.807) is 0 Å². The monoisotopic (exact) mass is 1180 g/mol. The molecule has 3 N–H and O–H groups in total. The van der Waals surface area contributed by atoms with Gasteiger partial charge in [-0.25, -0.2) is 9.59 Å². The zero-order valence-electron chi connectivity index (χ0n) is 38.7. The van der Waals surface area contributed by atoms with Gasteiger partial charge >= 0.3 is 83.5 Å². The van der Waals surface area contributed by atoms with Crippen molar-refractivity contribution >= 4 is 34.8 Å². The molecule has 0 saturated heterocycles. The van der Waals surface area contributed by atoms with Crippen molar-refractivity contribution in [2.45, 2.75) is 123 Å². The van der Waals surface area contributed by atoms with Crippen LogP contribution in [0, 0.1) is 0 Å². The van der Waals surface area contributed by atoms with Gasteiger partial charge in [0, 0.05) is 41.9 Å². The molecule has 2 aromatic carbocycles. The van der Waals surface area contributed by atoms with Gasteiger partial charge in [-0.05, 0) is 49.8 Å². The Morgan fingerprint density at radius 1 is 0.577 bits per heavy atom. The number of hydrogen-bond acceptors (Lipinski definition) is 5. The number of anilines is 1. The number of carbonyl (C=O) groups excluding carboxylic acids is 1. The van der Waals surface area contributed by atoms with Crippen molar-refractivity contribution in [3.05, 3.63) is 93.4 Å². The average molecular weight is 1180 g/mol. The summed E-state index contributed by atoms with van der Waals surface area (Å²) in [6.45, 7) is 0.168. The molecule has 2 heterocycles. The second-order valence-corrected chi connectivity index (χ2v) is 18.7. The topological polar surface area (TPSA) is 118 Å². The van der Waals surface area contributed by atoms with Gasteiger partial charge in [0.15, 0.2) is 12.3 Å². The van der Waals surface area contributed by atoms with Crippen LogP contribution in [0.25, 0.3) is 0 Å². The maximum absolute atomic E-state index is 15.2. The first-order valence-electron chi connectivity index (χ1n) is 21.1. The van der Waals surface area contributed by atoms with Crippen LogP contribution in [0.5, 0.6) is 0 Å². The molecular formula is C44H31F26N2O6+. The van der Waals surface area contributed by atoms with Crippen molar-refractivity contribution in [2.24, 2.45) is 0 Å². The van der Waals surface area contributed by atoms with Gasteiger partial charge in [-0.3, -0.25) is 4.79 Å². The Bertz CT molecular complexity index is 2960. The molecule has 3 aliphatic rings. The smallest absolute Gasteiger partial charge is 0.460 e. The van der Waals surface area contributed by atoms with E-state index in [4.69, 9.17) is 0 Å². The summed E-state index contributed by atoms with van der Waals surface area (Å²) in [4.78, 5) is 38.3. The number of Topliss-reactive ketones (excluding diaryl/α,β-unsaturated/α-hetero) is 1. The fraction of sp³-hybridized carbons (Fsp3) is 0.500. The van der Waals surface area contributed by atoms with Gasteiger partial charge in [-0.15, -0.1) is 0 Å². The predicted octanol–water partition coefficient (Wildman–Crippen LogP) is 13.7. The van der Waals surface area contributed by atoms with Crippen LogP contribution in [0.15, 0.2) is 71.2 Å². The number of alkyl halides is 26. The number of halogens is 26. The largest absolute Gasteiger partial charge is 0.506 e. The van der Waals surface area contributed by atoms with E-state index in [2.05, 4.69) is 0 Å². The number of allylic oxidation sites excluding steroid dienone is 5. The number of aliphatic hydroxyl groups excluding tert-OH is 1. The van der Waals surface area contributed by atoms with Gasteiger partial charge in [-0.2, -0.15) is 119 Å². The summed E-state index contributed by atoms with van der Waals surface area (Å²) in [5, 5.41) is 30.8. The van der Waals surface area contributed by atoms with E-state index in [9.17, 15) is 126 Å². The number of aromatic carboxylic acids is 2. The van der Waals surface area contributed by atoms with E-state index in [0.717, 1.165) is 52.0 Å². The number of carboxylic acid groups (broad SMARTS) is 2. The van der Waals surface area contributed by atoms with E-state index < -0.39 is 182 Å². The molecule has 0 radical (unpaired) electrons. The lowest BCUT2D eigenvalue weighted by molar-refractivity contribution is -0.461. The van der Waals surface area contributed by atoms with Gasteiger partial charge in [0.05, 0.1) is 39.7 Å². The lowest BCUT2D eigenvalue weighted by Crippen LogP contribution is -2.70. The maximum Gasteiger partial charge on any atom is 0.460 e. The minimum atomic E-state index is -8.29. The molecule has 8 nitrogen and oxygen atoms in total. The van der Waals surface area contributed by atoms with Crippen molar-refractivity contribution in [2.75, 3.05) is 18.0 Å². The number of aliphatic hydroxyl groups is 1. The first kappa shape index (κ1) is 62.6. The summed E-state index contributed by atoms with van der Waals surface area (Å²) in [7, 11) is 0. The second-order valence-electron chi connectivity index (χ2n) is 18.7. The molecule has 0 atom stereocenters. The molecule has 34 heteroatoms. The van der Waals surface area contributed by atoms with E-state index >= 15 is 17.6 Å². The number of fused-ring (bicyclic) bond motifs is 2.